The molecular formula is C20H28N2O6. The van der Waals surface area contributed by atoms with E-state index in [4.69, 9.17) is 14.2 Å². The number of esters is 1. The van der Waals surface area contributed by atoms with E-state index in [1.54, 1.807) is 23.1 Å². The van der Waals surface area contributed by atoms with Crippen molar-refractivity contribution in [3.8, 4) is 11.5 Å². The first kappa shape index (κ1) is 21.5. The van der Waals surface area contributed by atoms with Crippen LogP contribution >= 0.6 is 0 Å². The molecule has 8 heteroatoms. The molecule has 154 valence electrons. The summed E-state index contributed by atoms with van der Waals surface area (Å²) in [6.45, 7) is 0.550. The van der Waals surface area contributed by atoms with Crippen molar-refractivity contribution in [2.24, 2.45) is 0 Å². The number of hydrogen-bond donors (Lipinski definition) is 1. The van der Waals surface area contributed by atoms with Crippen molar-refractivity contribution >= 4 is 17.8 Å². The van der Waals surface area contributed by atoms with Crippen LogP contribution in [0.4, 0.5) is 0 Å². The molecule has 8 nitrogen and oxygen atoms in total. The molecule has 1 aliphatic rings. The van der Waals surface area contributed by atoms with Gasteiger partial charge in [-0.25, -0.2) is 0 Å². The number of nitrogens with zero attached hydrogens (tertiary/aromatic N) is 1. The van der Waals surface area contributed by atoms with Gasteiger partial charge in [-0.05, 0) is 30.5 Å². The second-order valence-corrected chi connectivity index (χ2v) is 6.64. The Bertz CT molecular complexity index is 706. The zero-order valence-electron chi connectivity index (χ0n) is 16.7. The molecule has 0 radical (unpaired) electrons. The Balaban J connectivity index is 2.15. The molecule has 1 saturated heterocycles. The van der Waals surface area contributed by atoms with Crippen LogP contribution in [-0.2, 0) is 19.1 Å². The minimum Gasteiger partial charge on any atom is -0.493 e. The van der Waals surface area contributed by atoms with E-state index in [0.717, 1.165) is 19.3 Å². The largest absolute Gasteiger partial charge is 0.493 e. The molecule has 28 heavy (non-hydrogen) atoms. The predicted octanol–water partition coefficient (Wildman–Crippen LogP) is 1.83. The third kappa shape index (κ3) is 5.87. The quantitative estimate of drug-likeness (QED) is 0.679. The van der Waals surface area contributed by atoms with Gasteiger partial charge in [-0.3, -0.25) is 14.4 Å². The lowest BCUT2D eigenvalue weighted by molar-refractivity contribution is -0.142. The SMILES string of the molecule is COC(=O)CC(NC(=O)CN1CCCCCC1=O)c1ccc(OC)c(OC)c1. The molecule has 0 aliphatic carbocycles. The van der Waals surface area contributed by atoms with E-state index in [1.807, 2.05) is 0 Å². The van der Waals surface area contributed by atoms with Crippen molar-refractivity contribution in [3.63, 3.8) is 0 Å². The topological polar surface area (TPSA) is 94.2 Å². The number of carbonyl (C=O) groups is 3. The first-order chi connectivity index (χ1) is 13.5. The number of nitrogens with one attached hydrogen (secondary N) is 1. The number of methoxy groups -OCH3 is 3. The van der Waals surface area contributed by atoms with E-state index in [1.165, 1.54) is 21.3 Å². The van der Waals surface area contributed by atoms with Gasteiger partial charge >= 0.3 is 5.97 Å². The normalized spacial score (nSPS) is 15.4. The summed E-state index contributed by atoms with van der Waals surface area (Å²) < 4.78 is 15.3. The van der Waals surface area contributed by atoms with Crippen LogP contribution in [0, 0.1) is 0 Å². The zero-order valence-corrected chi connectivity index (χ0v) is 16.7. The fourth-order valence-electron chi connectivity index (χ4n) is 3.19. The van der Waals surface area contributed by atoms with Gasteiger partial charge in [0.25, 0.3) is 0 Å². The van der Waals surface area contributed by atoms with Crippen LogP contribution in [0.25, 0.3) is 0 Å². The van der Waals surface area contributed by atoms with Gasteiger partial charge in [-0.15, -0.1) is 0 Å². The monoisotopic (exact) mass is 392 g/mol. The summed E-state index contributed by atoms with van der Waals surface area (Å²) in [7, 11) is 4.34. The minimum absolute atomic E-state index is 0.0108. The minimum atomic E-state index is -0.609. The number of rotatable bonds is 8. The summed E-state index contributed by atoms with van der Waals surface area (Å²) >= 11 is 0. The Labute approximate surface area is 165 Å². The van der Waals surface area contributed by atoms with Gasteiger partial charge in [-0.2, -0.15) is 0 Å². The van der Waals surface area contributed by atoms with Gasteiger partial charge in [0.05, 0.1) is 40.3 Å². The van der Waals surface area contributed by atoms with E-state index in [9.17, 15) is 14.4 Å². The summed E-state index contributed by atoms with van der Waals surface area (Å²) in [4.78, 5) is 38.1. The highest BCUT2D eigenvalue weighted by molar-refractivity contribution is 5.85. The van der Waals surface area contributed by atoms with Crippen LogP contribution in [-0.4, -0.2) is 57.1 Å². The van der Waals surface area contributed by atoms with E-state index in [0.29, 0.717) is 30.0 Å². The number of likely N-dealkylation sites (tertiary alicyclic amines) is 1. The molecule has 0 saturated carbocycles. The second kappa shape index (κ2) is 10.5. The average Bonchev–Trinajstić information content (AvgIpc) is 2.90. The molecule has 1 aliphatic heterocycles. The van der Waals surface area contributed by atoms with Crippen molar-refractivity contribution in [1.82, 2.24) is 10.2 Å². The Morgan fingerprint density at radius 2 is 1.86 bits per heavy atom. The lowest BCUT2D eigenvalue weighted by Crippen LogP contribution is -2.42. The van der Waals surface area contributed by atoms with Crippen molar-refractivity contribution in [1.29, 1.82) is 0 Å². The number of ether oxygens (including phenoxy) is 3. The molecule has 0 aromatic heterocycles. The lowest BCUT2D eigenvalue weighted by Gasteiger charge is -2.23. The third-order valence-corrected chi connectivity index (χ3v) is 4.75. The summed E-state index contributed by atoms with van der Waals surface area (Å²) in [6, 6.07) is 4.57. The molecule has 1 atom stereocenters. The van der Waals surface area contributed by atoms with Crippen molar-refractivity contribution in [2.45, 2.75) is 38.1 Å². The molecule has 1 fully saturated rings. The van der Waals surface area contributed by atoms with E-state index < -0.39 is 12.0 Å². The van der Waals surface area contributed by atoms with E-state index >= 15 is 0 Å². The summed E-state index contributed by atoms with van der Waals surface area (Å²) in [5, 5.41) is 2.85. The van der Waals surface area contributed by atoms with Crippen LogP contribution in [0.5, 0.6) is 11.5 Å². The summed E-state index contributed by atoms with van der Waals surface area (Å²) in [5.41, 5.74) is 0.679. The van der Waals surface area contributed by atoms with Crippen molar-refractivity contribution in [3.05, 3.63) is 23.8 Å². The highest BCUT2D eigenvalue weighted by Crippen LogP contribution is 2.31. The van der Waals surface area contributed by atoms with E-state index in [2.05, 4.69) is 5.32 Å². The van der Waals surface area contributed by atoms with Gasteiger partial charge in [0, 0.05) is 13.0 Å². The summed E-state index contributed by atoms with van der Waals surface area (Å²) in [5.74, 6) is 0.254. The fourth-order valence-corrected chi connectivity index (χ4v) is 3.19. The molecular weight excluding hydrogens is 364 g/mol. The second-order valence-electron chi connectivity index (χ2n) is 6.64. The van der Waals surface area contributed by atoms with Gasteiger partial charge in [0.1, 0.15) is 0 Å². The van der Waals surface area contributed by atoms with Gasteiger partial charge < -0.3 is 24.4 Å². The standard InChI is InChI=1S/C20H28N2O6/c1-26-16-9-8-14(11-17(16)27-2)15(12-20(25)28-3)21-18(23)13-22-10-6-4-5-7-19(22)24/h8-9,11,15H,4-7,10,12-13H2,1-3H3,(H,21,23). The molecule has 1 aromatic rings. The Morgan fingerprint density at radius 1 is 1.11 bits per heavy atom. The van der Waals surface area contributed by atoms with Gasteiger partial charge in [0.15, 0.2) is 11.5 Å². The van der Waals surface area contributed by atoms with Crippen LogP contribution in [0.15, 0.2) is 18.2 Å². The number of benzene rings is 1. The smallest absolute Gasteiger partial charge is 0.307 e. The molecule has 2 rings (SSSR count). The first-order valence-corrected chi connectivity index (χ1v) is 9.34. The van der Waals surface area contributed by atoms with Crippen LogP contribution in [0.2, 0.25) is 0 Å². The highest BCUT2D eigenvalue weighted by Gasteiger charge is 2.24. The molecule has 0 bridgehead atoms. The third-order valence-electron chi connectivity index (χ3n) is 4.75. The van der Waals surface area contributed by atoms with Crippen molar-refractivity contribution < 1.29 is 28.6 Å². The maximum absolute atomic E-state index is 12.6. The van der Waals surface area contributed by atoms with Crippen LogP contribution < -0.4 is 14.8 Å². The van der Waals surface area contributed by atoms with Gasteiger partial charge in [0.2, 0.25) is 11.8 Å². The van der Waals surface area contributed by atoms with E-state index in [-0.39, 0.29) is 24.8 Å². The molecule has 2 amide bonds. The highest BCUT2D eigenvalue weighted by atomic mass is 16.5. The predicted molar refractivity (Wildman–Crippen MR) is 102 cm³/mol. The average molecular weight is 392 g/mol. The maximum Gasteiger partial charge on any atom is 0.307 e. The molecule has 0 spiro atoms. The first-order valence-electron chi connectivity index (χ1n) is 9.34. The molecule has 1 aromatic carbocycles. The van der Waals surface area contributed by atoms with Crippen molar-refractivity contribution in [2.75, 3.05) is 34.4 Å². The van der Waals surface area contributed by atoms with Crippen LogP contribution in [0.3, 0.4) is 0 Å². The number of amides is 2. The zero-order chi connectivity index (χ0) is 20.5. The lowest BCUT2D eigenvalue weighted by atomic mass is 10.0. The Kier molecular flexibility index (Phi) is 8.10. The Hall–Kier alpha value is -2.77. The number of hydrogen-bond acceptors (Lipinski definition) is 6. The number of carbonyl (C=O) groups excluding carboxylic acids is 3. The molecule has 1 N–H and O–H groups in total. The summed E-state index contributed by atoms with van der Waals surface area (Å²) in [6.07, 6.45) is 3.16. The maximum atomic E-state index is 12.6. The fraction of sp³-hybridized carbons (Fsp3) is 0.550. The molecule has 1 heterocycles. The van der Waals surface area contributed by atoms with Crippen LogP contribution in [0.1, 0.15) is 43.7 Å². The molecule has 1 unspecified atom stereocenters. The van der Waals surface area contributed by atoms with Gasteiger partial charge in [-0.1, -0.05) is 12.5 Å². The Morgan fingerprint density at radius 3 is 2.54 bits per heavy atom.